The highest BCUT2D eigenvalue weighted by atomic mass is 127. The summed E-state index contributed by atoms with van der Waals surface area (Å²) < 4.78 is 7.70. The number of hydrogen-bond donors (Lipinski definition) is 1. The molecule has 0 aliphatic heterocycles. The Morgan fingerprint density at radius 2 is 2.36 bits per heavy atom. The third-order valence-corrected chi connectivity index (χ3v) is 2.58. The molecule has 0 spiro atoms. The van der Waals surface area contributed by atoms with Gasteiger partial charge in [-0.25, -0.2) is 0 Å². The van der Waals surface area contributed by atoms with Crippen molar-refractivity contribution in [1.29, 1.82) is 0 Å². The first-order valence-electron chi connectivity index (χ1n) is 3.12. The molecule has 4 nitrogen and oxygen atoms in total. The Kier molecular flexibility index (Phi) is 2.72. The van der Waals surface area contributed by atoms with E-state index in [9.17, 15) is 0 Å². The number of aromatic nitrogens is 2. The number of anilines is 1. The zero-order valence-electron chi connectivity index (χ0n) is 6.47. The Labute approximate surface area is 78.8 Å². The molecule has 0 aliphatic carbocycles. The van der Waals surface area contributed by atoms with E-state index >= 15 is 0 Å². The van der Waals surface area contributed by atoms with E-state index < -0.39 is 0 Å². The molecular formula is C6H10IN3O. The van der Waals surface area contributed by atoms with Crippen molar-refractivity contribution in [1.82, 2.24) is 9.78 Å². The second-order valence-corrected chi connectivity index (χ2v) is 3.28. The Balaban J connectivity index is 3.02. The summed E-state index contributed by atoms with van der Waals surface area (Å²) in [4.78, 5) is 0. The predicted molar refractivity (Wildman–Crippen MR) is 51.1 cm³/mol. The number of aryl methyl sites for hydroxylation is 1. The van der Waals surface area contributed by atoms with Crippen LogP contribution in [0.1, 0.15) is 5.69 Å². The molecule has 1 aromatic rings. The van der Waals surface area contributed by atoms with Crippen molar-refractivity contribution in [3.8, 4) is 0 Å². The van der Waals surface area contributed by atoms with Crippen LogP contribution < -0.4 is 5.73 Å². The number of nitrogen functional groups attached to an aromatic ring is 1. The molecule has 1 heterocycles. The van der Waals surface area contributed by atoms with Gasteiger partial charge < -0.3 is 10.5 Å². The maximum Gasteiger partial charge on any atom is 0.159 e. The summed E-state index contributed by atoms with van der Waals surface area (Å²) in [5, 5.41) is 4.04. The average Bonchev–Trinajstić information content (AvgIpc) is 2.17. The van der Waals surface area contributed by atoms with Crippen molar-refractivity contribution in [3.05, 3.63) is 9.26 Å². The summed E-state index contributed by atoms with van der Waals surface area (Å²) in [5.41, 5.74) is 6.60. The van der Waals surface area contributed by atoms with Gasteiger partial charge in [-0.2, -0.15) is 5.10 Å². The number of ether oxygens (including phenoxy) is 1. The molecule has 0 saturated heterocycles. The number of nitrogens with two attached hydrogens (primary N) is 1. The minimum absolute atomic E-state index is 0.555. The van der Waals surface area contributed by atoms with Crippen LogP contribution in [0.5, 0.6) is 0 Å². The Bertz CT molecular complexity index is 259. The van der Waals surface area contributed by atoms with E-state index in [0.717, 1.165) is 9.26 Å². The topological polar surface area (TPSA) is 53.1 Å². The number of halogens is 1. The van der Waals surface area contributed by atoms with Crippen LogP contribution in [0.3, 0.4) is 0 Å². The van der Waals surface area contributed by atoms with Crippen LogP contribution in [-0.4, -0.2) is 16.9 Å². The van der Waals surface area contributed by atoms with Gasteiger partial charge in [-0.15, -0.1) is 0 Å². The summed E-state index contributed by atoms with van der Waals surface area (Å²) in [6.45, 7) is 0.555. The van der Waals surface area contributed by atoms with Crippen LogP contribution in [0.4, 0.5) is 5.82 Å². The van der Waals surface area contributed by atoms with Crippen LogP contribution in [-0.2, 0) is 18.4 Å². The molecule has 0 atom stereocenters. The zero-order chi connectivity index (χ0) is 8.43. The highest BCUT2D eigenvalue weighted by Gasteiger charge is 2.09. The van der Waals surface area contributed by atoms with E-state index in [4.69, 9.17) is 10.5 Å². The van der Waals surface area contributed by atoms with Crippen LogP contribution in [0.25, 0.3) is 0 Å². The van der Waals surface area contributed by atoms with Gasteiger partial charge in [-0.1, -0.05) is 0 Å². The normalized spacial score (nSPS) is 10.5. The van der Waals surface area contributed by atoms with Crippen molar-refractivity contribution < 1.29 is 4.74 Å². The lowest BCUT2D eigenvalue weighted by Gasteiger charge is -1.99. The van der Waals surface area contributed by atoms with Crippen LogP contribution in [0, 0.1) is 3.57 Å². The number of rotatable bonds is 2. The SMILES string of the molecule is COCc1c(I)c(N)nn1C. The molecule has 2 N–H and O–H groups in total. The maximum atomic E-state index is 5.58. The Hall–Kier alpha value is -0.300. The van der Waals surface area contributed by atoms with E-state index in [1.807, 2.05) is 7.05 Å². The first kappa shape index (κ1) is 8.79. The fraction of sp³-hybridized carbons (Fsp3) is 0.500. The van der Waals surface area contributed by atoms with Crippen molar-refractivity contribution in [2.75, 3.05) is 12.8 Å². The minimum Gasteiger partial charge on any atom is -0.381 e. The smallest absolute Gasteiger partial charge is 0.159 e. The van der Waals surface area contributed by atoms with Crippen molar-refractivity contribution in [2.24, 2.45) is 7.05 Å². The minimum atomic E-state index is 0.555. The van der Waals surface area contributed by atoms with Crippen LogP contribution in [0.15, 0.2) is 0 Å². The predicted octanol–water partition coefficient (Wildman–Crippen LogP) is 0.753. The molecule has 0 aromatic carbocycles. The molecule has 0 unspecified atom stereocenters. The highest BCUT2D eigenvalue weighted by Crippen LogP contribution is 2.18. The summed E-state index contributed by atoms with van der Waals surface area (Å²) in [6, 6.07) is 0. The zero-order valence-corrected chi connectivity index (χ0v) is 8.62. The third kappa shape index (κ3) is 1.64. The molecule has 0 radical (unpaired) electrons. The first-order chi connectivity index (χ1) is 5.16. The highest BCUT2D eigenvalue weighted by molar-refractivity contribution is 14.1. The van der Waals surface area contributed by atoms with Gasteiger partial charge in [0.15, 0.2) is 5.82 Å². The Morgan fingerprint density at radius 1 is 1.73 bits per heavy atom. The summed E-state index contributed by atoms with van der Waals surface area (Å²) in [5.74, 6) is 0.570. The van der Waals surface area contributed by atoms with E-state index in [2.05, 4.69) is 27.7 Å². The lowest BCUT2D eigenvalue weighted by Crippen LogP contribution is -2.00. The molecule has 0 aliphatic rings. The van der Waals surface area contributed by atoms with Crippen LogP contribution in [0.2, 0.25) is 0 Å². The molecule has 5 heteroatoms. The number of methoxy groups -OCH3 is 1. The summed E-state index contributed by atoms with van der Waals surface area (Å²) >= 11 is 2.16. The largest absolute Gasteiger partial charge is 0.381 e. The van der Waals surface area contributed by atoms with Gasteiger partial charge in [0, 0.05) is 14.2 Å². The fourth-order valence-electron chi connectivity index (χ4n) is 0.849. The van der Waals surface area contributed by atoms with E-state index in [1.54, 1.807) is 11.8 Å². The molecule has 1 rings (SSSR count). The standard InChI is InChI=1S/C6H10IN3O/c1-10-4(3-11-2)5(7)6(8)9-10/h3H2,1-2H3,(H2,8,9). The second-order valence-electron chi connectivity index (χ2n) is 2.20. The maximum absolute atomic E-state index is 5.58. The second kappa shape index (κ2) is 3.40. The molecule has 1 aromatic heterocycles. The number of nitrogens with zero attached hydrogens (tertiary/aromatic N) is 2. The third-order valence-electron chi connectivity index (χ3n) is 1.41. The molecule has 0 amide bonds. The first-order valence-corrected chi connectivity index (χ1v) is 4.20. The van der Waals surface area contributed by atoms with Crippen molar-refractivity contribution in [3.63, 3.8) is 0 Å². The van der Waals surface area contributed by atoms with Gasteiger partial charge in [-0.3, -0.25) is 4.68 Å². The molecular weight excluding hydrogens is 257 g/mol. The molecule has 0 bridgehead atoms. The fourth-order valence-corrected chi connectivity index (χ4v) is 1.46. The molecule has 11 heavy (non-hydrogen) atoms. The number of hydrogen-bond acceptors (Lipinski definition) is 3. The van der Waals surface area contributed by atoms with E-state index in [0.29, 0.717) is 12.4 Å². The van der Waals surface area contributed by atoms with Gasteiger partial charge in [0.1, 0.15) is 0 Å². The van der Waals surface area contributed by atoms with Gasteiger partial charge >= 0.3 is 0 Å². The lowest BCUT2D eigenvalue weighted by atomic mass is 10.4. The quantitative estimate of drug-likeness (QED) is 0.804. The Morgan fingerprint density at radius 3 is 2.73 bits per heavy atom. The van der Waals surface area contributed by atoms with E-state index in [1.165, 1.54) is 0 Å². The van der Waals surface area contributed by atoms with Gasteiger partial charge in [0.2, 0.25) is 0 Å². The summed E-state index contributed by atoms with van der Waals surface area (Å²) in [6.07, 6.45) is 0. The van der Waals surface area contributed by atoms with Crippen molar-refractivity contribution in [2.45, 2.75) is 6.61 Å². The van der Waals surface area contributed by atoms with Gasteiger partial charge in [0.25, 0.3) is 0 Å². The molecule has 62 valence electrons. The average molecular weight is 267 g/mol. The van der Waals surface area contributed by atoms with Gasteiger partial charge in [0.05, 0.1) is 15.9 Å². The molecule has 0 saturated carbocycles. The van der Waals surface area contributed by atoms with Crippen molar-refractivity contribution >= 4 is 28.4 Å². The van der Waals surface area contributed by atoms with E-state index in [-0.39, 0.29) is 0 Å². The van der Waals surface area contributed by atoms with Gasteiger partial charge in [-0.05, 0) is 22.6 Å². The molecule has 0 fully saturated rings. The lowest BCUT2D eigenvalue weighted by molar-refractivity contribution is 0.177. The monoisotopic (exact) mass is 267 g/mol. The van der Waals surface area contributed by atoms with Crippen LogP contribution >= 0.6 is 22.6 Å². The summed E-state index contributed by atoms with van der Waals surface area (Å²) in [7, 11) is 3.51.